The number of nitrogens with one attached hydrogen (secondary N) is 1. The molecule has 112 valence electrons. The molecule has 0 heterocycles. The molecule has 0 saturated heterocycles. The maximum Gasteiger partial charge on any atom is 0.167 e. The van der Waals surface area contributed by atoms with Crippen LogP contribution in [0.1, 0.15) is 35.2 Å². The number of hydrogen-bond acceptors (Lipinski definition) is 2. The largest absolute Gasteiger partial charge is 0.454 e. The first-order valence-corrected chi connectivity index (χ1v) is 7.15. The van der Waals surface area contributed by atoms with Crippen LogP contribution < -0.4 is 10.1 Å². The van der Waals surface area contributed by atoms with Gasteiger partial charge in [-0.25, -0.2) is 4.39 Å². The lowest BCUT2D eigenvalue weighted by Gasteiger charge is -2.18. The normalized spacial score (nSPS) is 12.3. The number of benzene rings is 2. The number of ether oxygens (including phenoxy) is 1. The van der Waals surface area contributed by atoms with Crippen LogP contribution in [0.25, 0.3) is 0 Å². The van der Waals surface area contributed by atoms with Crippen molar-refractivity contribution in [1.29, 1.82) is 0 Å². The minimum absolute atomic E-state index is 0.0157. The van der Waals surface area contributed by atoms with Gasteiger partial charge in [-0.15, -0.1) is 0 Å². The molecule has 1 N–H and O–H groups in total. The standard InChI is InChI=1S/C18H22FNO/c1-11-9-12(2)13(3)17(10-11)21-18-15(14(4)20-5)7-6-8-16(18)19/h6-10,14,20H,1-5H3. The van der Waals surface area contributed by atoms with Crippen molar-refractivity contribution in [2.24, 2.45) is 0 Å². The molecule has 0 bridgehead atoms. The predicted octanol–water partition coefficient (Wildman–Crippen LogP) is 4.82. The van der Waals surface area contributed by atoms with E-state index in [2.05, 4.69) is 11.4 Å². The molecule has 0 radical (unpaired) electrons. The van der Waals surface area contributed by atoms with E-state index >= 15 is 0 Å². The molecule has 0 amide bonds. The zero-order chi connectivity index (χ0) is 15.6. The van der Waals surface area contributed by atoms with Gasteiger partial charge in [-0.2, -0.15) is 0 Å². The summed E-state index contributed by atoms with van der Waals surface area (Å²) in [5, 5.41) is 3.13. The van der Waals surface area contributed by atoms with E-state index in [0.717, 1.165) is 22.3 Å². The molecule has 3 heteroatoms. The van der Waals surface area contributed by atoms with E-state index in [1.807, 2.05) is 46.9 Å². The monoisotopic (exact) mass is 287 g/mol. The smallest absolute Gasteiger partial charge is 0.167 e. The Kier molecular flexibility index (Phi) is 4.63. The van der Waals surface area contributed by atoms with E-state index in [1.54, 1.807) is 6.07 Å². The van der Waals surface area contributed by atoms with Crippen LogP contribution in [-0.2, 0) is 0 Å². The van der Waals surface area contributed by atoms with E-state index in [9.17, 15) is 4.39 Å². The second-order valence-corrected chi connectivity index (χ2v) is 5.48. The van der Waals surface area contributed by atoms with Gasteiger partial charge in [0.1, 0.15) is 5.75 Å². The first-order valence-electron chi connectivity index (χ1n) is 7.15. The van der Waals surface area contributed by atoms with Crippen molar-refractivity contribution in [1.82, 2.24) is 5.32 Å². The van der Waals surface area contributed by atoms with Crippen molar-refractivity contribution >= 4 is 0 Å². The van der Waals surface area contributed by atoms with Crippen molar-refractivity contribution in [3.8, 4) is 11.5 Å². The molecular weight excluding hydrogens is 265 g/mol. The molecule has 1 unspecified atom stereocenters. The summed E-state index contributed by atoms with van der Waals surface area (Å²) < 4.78 is 20.2. The van der Waals surface area contributed by atoms with E-state index in [-0.39, 0.29) is 11.9 Å². The van der Waals surface area contributed by atoms with Gasteiger partial charge in [0, 0.05) is 11.6 Å². The van der Waals surface area contributed by atoms with Crippen LogP contribution in [0.2, 0.25) is 0 Å². The van der Waals surface area contributed by atoms with Gasteiger partial charge in [0.15, 0.2) is 11.6 Å². The van der Waals surface area contributed by atoms with Crippen LogP contribution >= 0.6 is 0 Å². The summed E-state index contributed by atoms with van der Waals surface area (Å²) in [6.45, 7) is 8.02. The zero-order valence-corrected chi connectivity index (χ0v) is 13.3. The summed E-state index contributed by atoms with van der Waals surface area (Å²) in [5.74, 6) is 0.669. The molecule has 1 atom stereocenters. The van der Waals surface area contributed by atoms with Gasteiger partial charge in [-0.3, -0.25) is 0 Å². The minimum Gasteiger partial charge on any atom is -0.454 e. The number of halogens is 1. The summed E-state index contributed by atoms with van der Waals surface area (Å²) in [4.78, 5) is 0. The Morgan fingerprint density at radius 2 is 1.86 bits per heavy atom. The third kappa shape index (κ3) is 3.24. The van der Waals surface area contributed by atoms with Gasteiger partial charge in [0.2, 0.25) is 0 Å². The fourth-order valence-corrected chi connectivity index (χ4v) is 2.35. The van der Waals surface area contributed by atoms with Crippen molar-refractivity contribution in [3.05, 3.63) is 58.4 Å². The maximum atomic E-state index is 14.2. The number of hydrogen-bond donors (Lipinski definition) is 1. The van der Waals surface area contributed by atoms with Gasteiger partial charge >= 0.3 is 0 Å². The average Bonchev–Trinajstić information content (AvgIpc) is 2.45. The molecule has 0 spiro atoms. The topological polar surface area (TPSA) is 21.3 Å². The van der Waals surface area contributed by atoms with Crippen LogP contribution in [0.4, 0.5) is 4.39 Å². The quantitative estimate of drug-likeness (QED) is 0.870. The van der Waals surface area contributed by atoms with Crippen LogP contribution in [0, 0.1) is 26.6 Å². The first kappa shape index (κ1) is 15.5. The fourth-order valence-electron chi connectivity index (χ4n) is 2.35. The van der Waals surface area contributed by atoms with Crippen LogP contribution in [-0.4, -0.2) is 7.05 Å². The molecule has 0 aliphatic rings. The highest BCUT2D eigenvalue weighted by atomic mass is 19.1. The molecule has 0 aromatic heterocycles. The molecule has 2 rings (SSSR count). The van der Waals surface area contributed by atoms with Crippen molar-refractivity contribution in [2.75, 3.05) is 7.05 Å². The first-order chi connectivity index (χ1) is 9.93. The van der Waals surface area contributed by atoms with Crippen LogP contribution in [0.3, 0.4) is 0 Å². The van der Waals surface area contributed by atoms with Gasteiger partial charge in [-0.1, -0.05) is 18.2 Å². The molecule has 2 aromatic rings. The molecule has 2 aromatic carbocycles. The molecule has 0 saturated carbocycles. The second-order valence-electron chi connectivity index (χ2n) is 5.48. The Balaban J connectivity index is 2.49. The highest BCUT2D eigenvalue weighted by Crippen LogP contribution is 2.34. The van der Waals surface area contributed by atoms with Gasteiger partial charge in [0.05, 0.1) is 0 Å². The van der Waals surface area contributed by atoms with Gasteiger partial charge in [0.25, 0.3) is 0 Å². The van der Waals surface area contributed by atoms with Crippen molar-refractivity contribution < 1.29 is 9.13 Å². The molecule has 0 aliphatic heterocycles. The summed E-state index contributed by atoms with van der Waals surface area (Å²) >= 11 is 0. The highest BCUT2D eigenvalue weighted by molar-refractivity contribution is 5.47. The number of aryl methyl sites for hydroxylation is 2. The summed E-state index contributed by atoms with van der Waals surface area (Å²) in [5.41, 5.74) is 4.10. The SMILES string of the molecule is CNC(C)c1cccc(F)c1Oc1cc(C)cc(C)c1C. The minimum atomic E-state index is -0.340. The van der Waals surface area contributed by atoms with E-state index < -0.39 is 0 Å². The molecule has 0 fully saturated rings. The summed E-state index contributed by atoms with van der Waals surface area (Å²) in [6.07, 6.45) is 0. The maximum absolute atomic E-state index is 14.2. The Bertz CT molecular complexity index is 652. The molecule has 21 heavy (non-hydrogen) atoms. The highest BCUT2D eigenvalue weighted by Gasteiger charge is 2.16. The Morgan fingerprint density at radius 1 is 1.14 bits per heavy atom. The molecular formula is C18H22FNO. The summed E-state index contributed by atoms with van der Waals surface area (Å²) in [6, 6.07) is 9.08. The molecule has 0 aliphatic carbocycles. The lowest BCUT2D eigenvalue weighted by atomic mass is 10.0. The lowest BCUT2D eigenvalue weighted by Crippen LogP contribution is -2.13. The fraction of sp³-hybridized carbons (Fsp3) is 0.333. The Hall–Kier alpha value is -1.87. The van der Waals surface area contributed by atoms with Crippen LogP contribution in [0.15, 0.2) is 30.3 Å². The summed E-state index contributed by atoms with van der Waals surface area (Å²) in [7, 11) is 1.85. The van der Waals surface area contributed by atoms with Gasteiger partial charge in [-0.05, 0) is 63.6 Å². The van der Waals surface area contributed by atoms with E-state index in [0.29, 0.717) is 11.5 Å². The zero-order valence-electron chi connectivity index (χ0n) is 13.3. The van der Waals surface area contributed by atoms with Crippen molar-refractivity contribution in [3.63, 3.8) is 0 Å². The Morgan fingerprint density at radius 3 is 2.52 bits per heavy atom. The third-order valence-electron chi connectivity index (χ3n) is 3.87. The lowest BCUT2D eigenvalue weighted by molar-refractivity contribution is 0.425. The second kappa shape index (κ2) is 6.27. The predicted molar refractivity (Wildman–Crippen MR) is 84.6 cm³/mol. The number of para-hydroxylation sites is 1. The Labute approximate surface area is 126 Å². The average molecular weight is 287 g/mol. The van der Waals surface area contributed by atoms with Crippen molar-refractivity contribution in [2.45, 2.75) is 33.7 Å². The van der Waals surface area contributed by atoms with Gasteiger partial charge < -0.3 is 10.1 Å². The molecule has 2 nitrogen and oxygen atoms in total. The number of rotatable bonds is 4. The van der Waals surface area contributed by atoms with E-state index in [4.69, 9.17) is 4.74 Å². The third-order valence-corrected chi connectivity index (χ3v) is 3.87. The van der Waals surface area contributed by atoms with Crippen LogP contribution in [0.5, 0.6) is 11.5 Å². The van der Waals surface area contributed by atoms with E-state index in [1.165, 1.54) is 6.07 Å².